The van der Waals surface area contributed by atoms with Crippen molar-refractivity contribution in [1.29, 1.82) is 0 Å². The lowest BCUT2D eigenvalue weighted by Gasteiger charge is -2.14. The Morgan fingerprint density at radius 2 is 1.91 bits per heavy atom. The summed E-state index contributed by atoms with van der Waals surface area (Å²) in [6.45, 7) is 6.53. The molecule has 2 rings (SSSR count). The van der Waals surface area contributed by atoms with E-state index in [0.29, 0.717) is 30.4 Å². The topological polar surface area (TPSA) is 104 Å². The highest BCUT2D eigenvalue weighted by atomic mass is 127. The van der Waals surface area contributed by atoms with E-state index in [2.05, 4.69) is 31.1 Å². The molecule has 0 heterocycles. The molecule has 190 valence electrons. The SMILES string of the molecule is C=CC(CCNC)S(=O)(=O)c1ccc(NC/N=C\C(C)=C(/NI)Nc2ccc(Cl)c(OC)c2)cc1. The van der Waals surface area contributed by atoms with Crippen LogP contribution in [0.2, 0.25) is 5.02 Å². The van der Waals surface area contributed by atoms with Gasteiger partial charge in [0.05, 0.1) is 45.1 Å². The number of nitrogens with one attached hydrogen (secondary N) is 4. The molecule has 4 N–H and O–H groups in total. The molecule has 0 aromatic heterocycles. The fourth-order valence-electron chi connectivity index (χ4n) is 3.09. The summed E-state index contributed by atoms with van der Waals surface area (Å²) in [4.78, 5) is 4.68. The van der Waals surface area contributed by atoms with Gasteiger partial charge in [0.2, 0.25) is 0 Å². The third-order valence-corrected chi connectivity index (χ3v) is 8.10. The predicted molar refractivity (Wildman–Crippen MR) is 155 cm³/mol. The van der Waals surface area contributed by atoms with E-state index in [4.69, 9.17) is 16.3 Å². The highest BCUT2D eigenvalue weighted by molar-refractivity contribution is 14.1. The second kappa shape index (κ2) is 14.3. The van der Waals surface area contributed by atoms with Gasteiger partial charge in [-0.2, -0.15) is 0 Å². The van der Waals surface area contributed by atoms with Gasteiger partial charge in [0, 0.05) is 29.2 Å². The maximum atomic E-state index is 12.8. The summed E-state index contributed by atoms with van der Waals surface area (Å²) in [5.41, 5.74) is 2.47. The maximum absolute atomic E-state index is 12.8. The van der Waals surface area contributed by atoms with Crippen LogP contribution in [0.4, 0.5) is 11.4 Å². The molecule has 0 fully saturated rings. The van der Waals surface area contributed by atoms with E-state index in [9.17, 15) is 8.42 Å². The van der Waals surface area contributed by atoms with Crippen LogP contribution in [0.25, 0.3) is 0 Å². The van der Waals surface area contributed by atoms with E-state index in [1.807, 2.05) is 41.9 Å². The molecule has 0 bridgehead atoms. The van der Waals surface area contributed by atoms with Gasteiger partial charge < -0.3 is 24.2 Å². The second-order valence-corrected chi connectivity index (χ2v) is 10.6. The van der Waals surface area contributed by atoms with Gasteiger partial charge >= 0.3 is 0 Å². The van der Waals surface area contributed by atoms with E-state index in [1.54, 1.807) is 50.7 Å². The van der Waals surface area contributed by atoms with Gasteiger partial charge in [-0.1, -0.05) is 17.7 Å². The monoisotopic (exact) mass is 631 g/mol. The van der Waals surface area contributed by atoms with Gasteiger partial charge in [0.1, 0.15) is 18.2 Å². The third-order valence-electron chi connectivity index (χ3n) is 5.09. The fraction of sp³-hybridized carbons (Fsp3) is 0.292. The normalized spacial score (nSPS) is 13.2. The minimum Gasteiger partial charge on any atom is -0.495 e. The number of methoxy groups -OCH3 is 1. The fourth-order valence-corrected chi connectivity index (χ4v) is 5.39. The summed E-state index contributed by atoms with van der Waals surface area (Å²) in [5.74, 6) is 1.35. The molecule has 1 atom stereocenters. The molecular formula is C24H31ClIN5O3S. The van der Waals surface area contributed by atoms with E-state index in [-0.39, 0.29) is 4.90 Å². The van der Waals surface area contributed by atoms with E-state index < -0.39 is 15.1 Å². The summed E-state index contributed by atoms with van der Waals surface area (Å²) < 4.78 is 34.0. The Kier molecular flexibility index (Phi) is 11.8. The number of benzene rings is 2. The predicted octanol–water partition coefficient (Wildman–Crippen LogP) is 5.01. The van der Waals surface area contributed by atoms with Crippen molar-refractivity contribution in [1.82, 2.24) is 8.85 Å². The highest BCUT2D eigenvalue weighted by Crippen LogP contribution is 2.28. The van der Waals surface area contributed by atoms with Crippen LogP contribution in [0.5, 0.6) is 5.75 Å². The molecule has 0 radical (unpaired) electrons. The minimum absolute atomic E-state index is 0.272. The molecular weight excluding hydrogens is 601 g/mol. The van der Waals surface area contributed by atoms with Crippen LogP contribution in [0, 0.1) is 0 Å². The Morgan fingerprint density at radius 3 is 2.51 bits per heavy atom. The lowest BCUT2D eigenvalue weighted by molar-refractivity contribution is 0.415. The summed E-state index contributed by atoms with van der Waals surface area (Å²) in [5, 5.41) is 9.33. The van der Waals surface area contributed by atoms with Crippen molar-refractivity contribution < 1.29 is 13.2 Å². The molecule has 35 heavy (non-hydrogen) atoms. The lowest BCUT2D eigenvalue weighted by atomic mass is 10.2. The molecule has 0 saturated carbocycles. The van der Waals surface area contributed by atoms with Crippen LogP contribution in [0.15, 0.2) is 76.4 Å². The van der Waals surface area contributed by atoms with Gasteiger partial charge in [0.15, 0.2) is 9.84 Å². The zero-order chi connectivity index (χ0) is 25.8. The lowest BCUT2D eigenvalue weighted by Crippen LogP contribution is -2.23. The maximum Gasteiger partial charge on any atom is 0.184 e. The van der Waals surface area contributed by atoms with Gasteiger partial charge in [-0.3, -0.25) is 4.99 Å². The number of ether oxygens (including phenoxy) is 1. The standard InChI is InChI=1S/C24H31ClIN5O3S/c1-5-20(12-13-27-3)35(32,33)21-9-6-18(7-10-21)29-16-28-15-17(2)24(31-26)30-19-8-11-22(25)23(14-19)34-4/h5-11,14-15,20,27,29-31H,1,12-13,16H2,2-4H3/b24-17-,28-15-. The average Bonchev–Trinajstić information content (AvgIpc) is 2.86. The van der Waals surface area contributed by atoms with Crippen LogP contribution in [-0.2, 0) is 9.84 Å². The highest BCUT2D eigenvalue weighted by Gasteiger charge is 2.24. The van der Waals surface area contributed by atoms with Crippen molar-refractivity contribution in [3.05, 3.63) is 71.5 Å². The zero-order valence-corrected chi connectivity index (χ0v) is 23.7. The number of hydrogen-bond acceptors (Lipinski definition) is 8. The van der Waals surface area contributed by atoms with Gasteiger partial charge in [-0.15, -0.1) is 6.58 Å². The first-order valence-electron chi connectivity index (χ1n) is 10.8. The number of anilines is 2. The second-order valence-electron chi connectivity index (χ2n) is 7.51. The van der Waals surface area contributed by atoms with E-state index >= 15 is 0 Å². The van der Waals surface area contributed by atoms with Crippen molar-refractivity contribution in [3.63, 3.8) is 0 Å². The zero-order valence-electron chi connectivity index (χ0n) is 19.9. The first kappa shape index (κ1) is 29.0. The van der Waals surface area contributed by atoms with Crippen LogP contribution in [0.3, 0.4) is 0 Å². The van der Waals surface area contributed by atoms with Crippen molar-refractivity contribution in [3.8, 4) is 5.75 Å². The largest absolute Gasteiger partial charge is 0.495 e. The molecule has 2 aromatic rings. The molecule has 1 unspecified atom stereocenters. The van der Waals surface area contributed by atoms with Crippen molar-refractivity contribution in [2.75, 3.05) is 38.0 Å². The molecule has 8 nitrogen and oxygen atoms in total. The summed E-state index contributed by atoms with van der Waals surface area (Å²) >= 11 is 8.13. The van der Waals surface area contributed by atoms with Crippen molar-refractivity contribution in [2.24, 2.45) is 4.99 Å². The van der Waals surface area contributed by atoms with Gasteiger partial charge in [0.25, 0.3) is 0 Å². The number of hydrogen-bond donors (Lipinski definition) is 4. The Hall–Kier alpha value is -2.28. The van der Waals surface area contributed by atoms with Crippen LogP contribution in [-0.4, -0.2) is 47.3 Å². The number of rotatable bonds is 14. The molecule has 0 aliphatic rings. The average molecular weight is 632 g/mol. The third kappa shape index (κ3) is 8.41. The van der Waals surface area contributed by atoms with Crippen molar-refractivity contribution in [2.45, 2.75) is 23.5 Å². The van der Waals surface area contributed by atoms with Gasteiger partial charge in [-0.05, 0) is 63.3 Å². The first-order valence-corrected chi connectivity index (χ1v) is 13.8. The number of aliphatic imine (C=N–C) groups is 1. The van der Waals surface area contributed by atoms with Crippen LogP contribution < -0.4 is 24.2 Å². The molecule has 0 aliphatic carbocycles. The molecule has 2 aromatic carbocycles. The summed E-state index contributed by atoms with van der Waals surface area (Å²) in [6.07, 6.45) is 3.70. The molecule has 0 amide bonds. The van der Waals surface area contributed by atoms with Crippen LogP contribution >= 0.6 is 34.5 Å². The van der Waals surface area contributed by atoms with Crippen LogP contribution in [0.1, 0.15) is 13.3 Å². The Labute approximate surface area is 226 Å². The first-order chi connectivity index (χ1) is 16.8. The quantitative estimate of drug-likeness (QED) is 0.101. The van der Waals surface area contributed by atoms with E-state index in [1.165, 1.54) is 6.08 Å². The number of allylic oxidation sites excluding steroid dienone is 1. The Balaban J connectivity index is 2.00. The summed E-state index contributed by atoms with van der Waals surface area (Å²) in [6, 6.07) is 12.1. The van der Waals surface area contributed by atoms with Gasteiger partial charge in [-0.25, -0.2) is 8.42 Å². The van der Waals surface area contributed by atoms with Crippen molar-refractivity contribution >= 4 is 61.9 Å². The number of sulfone groups is 1. The smallest absolute Gasteiger partial charge is 0.184 e. The molecule has 0 saturated heterocycles. The minimum atomic E-state index is -3.47. The number of nitrogens with zero attached hydrogens (tertiary/aromatic N) is 1. The number of halogens is 2. The van der Waals surface area contributed by atoms with E-state index in [0.717, 1.165) is 22.8 Å². The molecule has 0 spiro atoms. The summed E-state index contributed by atoms with van der Waals surface area (Å²) in [7, 11) is -0.113. The Morgan fingerprint density at radius 1 is 1.23 bits per heavy atom. The molecule has 11 heteroatoms. The molecule has 0 aliphatic heterocycles. The Bertz CT molecular complexity index is 1150.